The first-order valence-corrected chi connectivity index (χ1v) is 11.1. The molecule has 3 heterocycles. The summed E-state index contributed by atoms with van der Waals surface area (Å²) in [6, 6.07) is 5.29. The van der Waals surface area contributed by atoms with Crippen molar-refractivity contribution in [2.75, 3.05) is 32.7 Å². The van der Waals surface area contributed by atoms with Gasteiger partial charge in [-0.05, 0) is 44.9 Å². The fraction of sp³-hybridized carbons (Fsp3) is 0.609. The van der Waals surface area contributed by atoms with Gasteiger partial charge in [0.2, 0.25) is 0 Å². The molecular formula is C23H32N4O3. The molecule has 1 aromatic heterocycles. The fourth-order valence-electron chi connectivity index (χ4n) is 4.57. The highest BCUT2D eigenvalue weighted by molar-refractivity contribution is 5.97. The molecule has 1 N–H and O–H groups in total. The Kier molecular flexibility index (Phi) is 5.93. The van der Waals surface area contributed by atoms with Gasteiger partial charge in [-0.1, -0.05) is 12.8 Å². The molecule has 0 bridgehead atoms. The molecule has 2 aromatic rings. The van der Waals surface area contributed by atoms with Crippen LogP contribution < -0.4 is 5.56 Å². The van der Waals surface area contributed by atoms with E-state index in [1.165, 1.54) is 6.42 Å². The van der Waals surface area contributed by atoms with Crippen LogP contribution in [0.25, 0.3) is 10.9 Å². The molecule has 30 heavy (non-hydrogen) atoms. The van der Waals surface area contributed by atoms with Gasteiger partial charge >= 0.3 is 0 Å². The van der Waals surface area contributed by atoms with Crippen LogP contribution in [0.4, 0.5) is 0 Å². The normalized spacial score (nSPS) is 18.7. The number of β-amino-alcohol motifs (C(OH)–C–C–N with tert-alkyl or cyclic N) is 1. The average Bonchev–Trinajstić information content (AvgIpc) is 2.68. The molecule has 1 amide bonds. The number of aromatic nitrogens is 2. The average molecular weight is 413 g/mol. The van der Waals surface area contributed by atoms with Crippen LogP contribution in [-0.2, 0) is 13.0 Å². The van der Waals surface area contributed by atoms with Crippen LogP contribution in [0.3, 0.4) is 0 Å². The lowest BCUT2D eigenvalue weighted by molar-refractivity contribution is 0.0178. The molecule has 4 rings (SSSR count). The summed E-state index contributed by atoms with van der Waals surface area (Å²) in [5, 5.41) is 10.6. The molecule has 162 valence electrons. The Morgan fingerprint density at radius 1 is 1.07 bits per heavy atom. The summed E-state index contributed by atoms with van der Waals surface area (Å²) >= 11 is 0. The number of piperazine rings is 1. The van der Waals surface area contributed by atoms with E-state index in [0.717, 1.165) is 51.1 Å². The second kappa shape index (κ2) is 8.47. The lowest BCUT2D eigenvalue weighted by atomic mass is 10.1. The first kappa shape index (κ1) is 21.0. The lowest BCUT2D eigenvalue weighted by Crippen LogP contribution is -2.52. The molecular weight excluding hydrogens is 380 g/mol. The van der Waals surface area contributed by atoms with Crippen molar-refractivity contribution >= 4 is 16.8 Å². The van der Waals surface area contributed by atoms with Gasteiger partial charge in [-0.15, -0.1) is 0 Å². The van der Waals surface area contributed by atoms with E-state index in [9.17, 15) is 14.7 Å². The minimum absolute atomic E-state index is 0.0103. The quantitative estimate of drug-likeness (QED) is 0.835. The Balaban J connectivity index is 1.54. The van der Waals surface area contributed by atoms with E-state index >= 15 is 0 Å². The van der Waals surface area contributed by atoms with E-state index in [2.05, 4.69) is 4.90 Å². The fourth-order valence-corrected chi connectivity index (χ4v) is 4.57. The SMILES string of the molecule is CC(C)(O)CN1CCN(C(=O)c2ccc3c(=O)n4c(nc3c2)CCCCCC4)CC1. The molecule has 0 atom stereocenters. The van der Waals surface area contributed by atoms with E-state index in [-0.39, 0.29) is 11.5 Å². The summed E-state index contributed by atoms with van der Waals surface area (Å²) in [4.78, 5) is 34.8. The van der Waals surface area contributed by atoms with E-state index in [1.807, 2.05) is 9.47 Å². The standard InChI is InChI=1S/C23H32N4O3/c1-23(2,30)16-25-11-13-26(14-12-25)21(28)17-8-9-18-19(15-17)24-20-7-5-3-4-6-10-27(20)22(18)29/h8-9,15,30H,3-7,10-14,16H2,1-2H3. The van der Waals surface area contributed by atoms with Gasteiger partial charge in [0.15, 0.2) is 0 Å². The summed E-state index contributed by atoms with van der Waals surface area (Å²) in [5.41, 5.74) is 0.483. The Morgan fingerprint density at radius 3 is 2.53 bits per heavy atom. The van der Waals surface area contributed by atoms with Gasteiger partial charge in [-0.3, -0.25) is 19.1 Å². The van der Waals surface area contributed by atoms with Crippen molar-refractivity contribution in [2.45, 2.75) is 58.1 Å². The predicted molar refractivity (Wildman–Crippen MR) is 117 cm³/mol. The third-order valence-electron chi connectivity index (χ3n) is 6.08. The molecule has 0 radical (unpaired) electrons. The third-order valence-corrected chi connectivity index (χ3v) is 6.08. The molecule has 2 aliphatic heterocycles. The third kappa shape index (κ3) is 4.57. The smallest absolute Gasteiger partial charge is 0.261 e. The number of fused-ring (bicyclic) bond motifs is 2. The van der Waals surface area contributed by atoms with E-state index in [1.54, 1.807) is 32.0 Å². The van der Waals surface area contributed by atoms with Crippen LogP contribution in [0.5, 0.6) is 0 Å². The lowest BCUT2D eigenvalue weighted by Gasteiger charge is -2.37. The zero-order valence-corrected chi connectivity index (χ0v) is 18.1. The molecule has 1 fully saturated rings. The maximum absolute atomic E-state index is 13.1. The minimum Gasteiger partial charge on any atom is -0.389 e. The van der Waals surface area contributed by atoms with Crippen molar-refractivity contribution < 1.29 is 9.90 Å². The van der Waals surface area contributed by atoms with Crippen molar-refractivity contribution in [1.29, 1.82) is 0 Å². The van der Waals surface area contributed by atoms with Crippen molar-refractivity contribution in [1.82, 2.24) is 19.4 Å². The summed E-state index contributed by atoms with van der Waals surface area (Å²) < 4.78 is 1.82. The number of carbonyl (C=O) groups excluding carboxylic acids is 1. The number of amides is 1. The topological polar surface area (TPSA) is 78.7 Å². The van der Waals surface area contributed by atoms with Gasteiger partial charge in [-0.25, -0.2) is 4.98 Å². The van der Waals surface area contributed by atoms with E-state index in [0.29, 0.717) is 36.1 Å². The molecule has 1 saturated heterocycles. The summed E-state index contributed by atoms with van der Waals surface area (Å²) in [6.45, 7) is 7.69. The van der Waals surface area contributed by atoms with Crippen molar-refractivity contribution in [3.8, 4) is 0 Å². The van der Waals surface area contributed by atoms with Crippen molar-refractivity contribution in [3.63, 3.8) is 0 Å². The number of hydrogen-bond acceptors (Lipinski definition) is 5. The zero-order chi connectivity index (χ0) is 21.3. The first-order chi connectivity index (χ1) is 14.3. The Morgan fingerprint density at radius 2 is 1.80 bits per heavy atom. The highest BCUT2D eigenvalue weighted by atomic mass is 16.3. The van der Waals surface area contributed by atoms with E-state index < -0.39 is 5.60 Å². The number of aryl methyl sites for hydroxylation is 1. The van der Waals surface area contributed by atoms with Crippen LogP contribution in [0.15, 0.2) is 23.0 Å². The Hall–Kier alpha value is -2.25. The number of aliphatic hydroxyl groups is 1. The van der Waals surface area contributed by atoms with Gasteiger partial charge in [-0.2, -0.15) is 0 Å². The highest BCUT2D eigenvalue weighted by Crippen LogP contribution is 2.18. The molecule has 7 nitrogen and oxygen atoms in total. The minimum atomic E-state index is -0.735. The summed E-state index contributed by atoms with van der Waals surface area (Å²) in [5.74, 6) is 0.825. The van der Waals surface area contributed by atoms with Crippen LogP contribution in [-0.4, -0.2) is 68.7 Å². The highest BCUT2D eigenvalue weighted by Gasteiger charge is 2.26. The van der Waals surface area contributed by atoms with Gasteiger partial charge in [0.1, 0.15) is 5.82 Å². The summed E-state index contributed by atoms with van der Waals surface area (Å²) in [7, 11) is 0. The largest absolute Gasteiger partial charge is 0.389 e. The number of hydrogen-bond donors (Lipinski definition) is 1. The maximum atomic E-state index is 13.1. The first-order valence-electron chi connectivity index (χ1n) is 11.1. The number of benzene rings is 1. The molecule has 2 aliphatic rings. The van der Waals surface area contributed by atoms with Crippen LogP contribution in [0, 0.1) is 0 Å². The second-order valence-corrected chi connectivity index (χ2v) is 9.26. The Bertz CT molecular complexity index is 984. The number of carbonyl (C=O) groups is 1. The van der Waals surface area contributed by atoms with Crippen LogP contribution >= 0.6 is 0 Å². The van der Waals surface area contributed by atoms with E-state index in [4.69, 9.17) is 4.98 Å². The number of nitrogens with zero attached hydrogens (tertiary/aromatic N) is 4. The van der Waals surface area contributed by atoms with Gasteiger partial charge in [0, 0.05) is 51.3 Å². The summed E-state index contributed by atoms with van der Waals surface area (Å²) in [6.07, 6.45) is 5.19. The molecule has 7 heteroatoms. The molecule has 0 unspecified atom stereocenters. The molecule has 0 spiro atoms. The van der Waals surface area contributed by atoms with Gasteiger partial charge < -0.3 is 10.0 Å². The van der Waals surface area contributed by atoms with Gasteiger partial charge in [0.05, 0.1) is 16.5 Å². The number of rotatable bonds is 3. The van der Waals surface area contributed by atoms with Crippen LogP contribution in [0.1, 0.15) is 55.7 Å². The van der Waals surface area contributed by atoms with Gasteiger partial charge in [0.25, 0.3) is 11.5 Å². The molecule has 0 saturated carbocycles. The molecule has 0 aliphatic carbocycles. The second-order valence-electron chi connectivity index (χ2n) is 9.26. The zero-order valence-electron chi connectivity index (χ0n) is 18.1. The molecule has 1 aromatic carbocycles. The maximum Gasteiger partial charge on any atom is 0.261 e. The van der Waals surface area contributed by atoms with Crippen molar-refractivity contribution in [3.05, 3.63) is 39.9 Å². The van der Waals surface area contributed by atoms with Crippen LogP contribution in [0.2, 0.25) is 0 Å². The monoisotopic (exact) mass is 412 g/mol. The predicted octanol–water partition coefficient (Wildman–Crippen LogP) is 2.04. The Labute approximate surface area is 177 Å². The van der Waals surface area contributed by atoms with Crippen molar-refractivity contribution in [2.24, 2.45) is 0 Å².